The van der Waals surface area contributed by atoms with Crippen LogP contribution in [0, 0.1) is 0 Å². The summed E-state index contributed by atoms with van der Waals surface area (Å²) in [6.07, 6.45) is 4.72. The molecule has 5 nitrogen and oxygen atoms in total. The molecule has 2 N–H and O–H groups in total. The summed E-state index contributed by atoms with van der Waals surface area (Å²) in [4.78, 5) is 17.8. The molecular formula is C26H29N3O2. The summed E-state index contributed by atoms with van der Waals surface area (Å²) in [5.41, 5.74) is 7.41. The molecule has 0 saturated heterocycles. The molecular weight excluding hydrogens is 386 g/mol. The second-order valence-corrected chi connectivity index (χ2v) is 8.50. The SMILES string of the molecule is CC(C)c1ccc(N(C)c2ccc3c(c2)CN[C@@H]3CCc2cnccc2C(=O)O)cc1. The highest BCUT2D eigenvalue weighted by molar-refractivity contribution is 5.89. The predicted octanol–water partition coefficient (Wildman–Crippen LogP) is 5.45. The molecule has 0 amide bonds. The zero-order chi connectivity index (χ0) is 22.0. The van der Waals surface area contributed by atoms with E-state index in [1.165, 1.54) is 34.3 Å². The number of benzene rings is 2. The van der Waals surface area contributed by atoms with Gasteiger partial charge in [0.05, 0.1) is 5.56 Å². The monoisotopic (exact) mass is 415 g/mol. The number of carboxylic acid groups (broad SMARTS) is 1. The van der Waals surface area contributed by atoms with Gasteiger partial charge in [-0.15, -0.1) is 0 Å². The highest BCUT2D eigenvalue weighted by Crippen LogP contribution is 2.34. The van der Waals surface area contributed by atoms with Gasteiger partial charge in [0.25, 0.3) is 0 Å². The maximum absolute atomic E-state index is 11.4. The highest BCUT2D eigenvalue weighted by Gasteiger charge is 2.23. The number of nitrogens with zero attached hydrogens (tertiary/aromatic N) is 2. The van der Waals surface area contributed by atoms with E-state index in [9.17, 15) is 9.90 Å². The fraction of sp³-hybridized carbons (Fsp3) is 0.308. The fourth-order valence-electron chi connectivity index (χ4n) is 4.26. The first kappa shape index (κ1) is 21.1. The Morgan fingerprint density at radius 3 is 2.61 bits per heavy atom. The van der Waals surface area contributed by atoms with Crippen molar-refractivity contribution in [2.45, 2.75) is 45.2 Å². The largest absolute Gasteiger partial charge is 0.478 e. The van der Waals surface area contributed by atoms with Crippen LogP contribution in [0.1, 0.15) is 64.8 Å². The summed E-state index contributed by atoms with van der Waals surface area (Å²) in [6.45, 7) is 5.24. The lowest BCUT2D eigenvalue weighted by Gasteiger charge is -2.21. The van der Waals surface area contributed by atoms with E-state index < -0.39 is 5.97 Å². The van der Waals surface area contributed by atoms with Crippen molar-refractivity contribution >= 4 is 17.3 Å². The molecule has 31 heavy (non-hydrogen) atoms. The normalized spacial score (nSPS) is 15.2. The Morgan fingerprint density at radius 1 is 1.16 bits per heavy atom. The number of anilines is 2. The summed E-state index contributed by atoms with van der Waals surface area (Å²) in [5.74, 6) is -0.369. The molecule has 0 aliphatic carbocycles. The van der Waals surface area contributed by atoms with Crippen molar-refractivity contribution in [3.63, 3.8) is 0 Å². The van der Waals surface area contributed by atoms with E-state index in [1.807, 2.05) is 0 Å². The first-order valence-electron chi connectivity index (χ1n) is 10.8. The average Bonchev–Trinajstić information content (AvgIpc) is 3.19. The van der Waals surface area contributed by atoms with Crippen LogP contribution in [0.2, 0.25) is 0 Å². The number of nitrogens with one attached hydrogen (secondary N) is 1. The molecule has 0 fully saturated rings. The number of carboxylic acids is 1. The standard InChI is InChI=1S/C26H29N3O2/c1-17(2)18-4-7-21(8-5-18)29(3)22-9-10-23-20(14-22)16-28-25(23)11-6-19-15-27-13-12-24(19)26(30)31/h4-5,7-10,12-15,17,25,28H,6,11,16H2,1-3H3,(H,30,31)/t25-/m1/s1. The summed E-state index contributed by atoms with van der Waals surface area (Å²) in [6, 6.07) is 17.2. The van der Waals surface area contributed by atoms with Crippen molar-refractivity contribution in [3.8, 4) is 0 Å². The van der Waals surface area contributed by atoms with E-state index in [0.29, 0.717) is 17.9 Å². The Hall–Kier alpha value is -3.18. The van der Waals surface area contributed by atoms with Gasteiger partial charge in [-0.1, -0.05) is 32.0 Å². The van der Waals surface area contributed by atoms with Crippen molar-refractivity contribution in [2.24, 2.45) is 0 Å². The van der Waals surface area contributed by atoms with E-state index in [2.05, 4.69) is 78.6 Å². The van der Waals surface area contributed by atoms with Gasteiger partial charge in [-0.3, -0.25) is 4.98 Å². The van der Waals surface area contributed by atoms with E-state index in [4.69, 9.17) is 0 Å². The second-order valence-electron chi connectivity index (χ2n) is 8.50. The van der Waals surface area contributed by atoms with Gasteiger partial charge in [0.15, 0.2) is 0 Å². The zero-order valence-corrected chi connectivity index (χ0v) is 18.3. The Bertz CT molecular complexity index is 1080. The predicted molar refractivity (Wildman–Crippen MR) is 124 cm³/mol. The third-order valence-corrected chi connectivity index (χ3v) is 6.21. The molecule has 1 aromatic heterocycles. The lowest BCUT2D eigenvalue weighted by Crippen LogP contribution is -2.14. The van der Waals surface area contributed by atoms with Gasteiger partial charge >= 0.3 is 5.97 Å². The van der Waals surface area contributed by atoms with Crippen LogP contribution in [0.15, 0.2) is 60.9 Å². The third kappa shape index (κ3) is 4.47. The fourth-order valence-corrected chi connectivity index (χ4v) is 4.26. The van der Waals surface area contributed by atoms with Gasteiger partial charge in [-0.05, 0) is 71.3 Å². The number of hydrogen-bond acceptors (Lipinski definition) is 4. The van der Waals surface area contributed by atoms with Crippen molar-refractivity contribution in [3.05, 3.63) is 88.7 Å². The van der Waals surface area contributed by atoms with E-state index in [0.717, 1.165) is 18.5 Å². The minimum atomic E-state index is -0.897. The molecule has 0 spiro atoms. The Morgan fingerprint density at radius 2 is 1.90 bits per heavy atom. The molecule has 1 atom stereocenters. The molecule has 2 aromatic carbocycles. The summed E-state index contributed by atoms with van der Waals surface area (Å²) in [5, 5.41) is 13.0. The first-order valence-corrected chi connectivity index (χ1v) is 10.8. The van der Waals surface area contributed by atoms with Crippen LogP contribution < -0.4 is 10.2 Å². The van der Waals surface area contributed by atoms with E-state index >= 15 is 0 Å². The summed E-state index contributed by atoms with van der Waals surface area (Å²) >= 11 is 0. The molecule has 0 saturated carbocycles. The maximum atomic E-state index is 11.4. The van der Waals surface area contributed by atoms with Crippen molar-refractivity contribution in [1.29, 1.82) is 0 Å². The van der Waals surface area contributed by atoms with Crippen LogP contribution in [0.5, 0.6) is 0 Å². The van der Waals surface area contributed by atoms with Gasteiger partial charge in [0.2, 0.25) is 0 Å². The van der Waals surface area contributed by atoms with Gasteiger partial charge in [-0.25, -0.2) is 4.79 Å². The number of hydrogen-bond donors (Lipinski definition) is 2. The van der Waals surface area contributed by atoms with Crippen LogP contribution in [0.25, 0.3) is 0 Å². The number of rotatable bonds is 7. The molecule has 4 rings (SSSR count). The number of fused-ring (bicyclic) bond motifs is 1. The zero-order valence-electron chi connectivity index (χ0n) is 18.3. The van der Waals surface area contributed by atoms with Crippen LogP contribution >= 0.6 is 0 Å². The number of pyridine rings is 1. The Kier molecular flexibility index (Phi) is 6.05. The van der Waals surface area contributed by atoms with Gasteiger partial charge < -0.3 is 15.3 Å². The quantitative estimate of drug-likeness (QED) is 0.537. The lowest BCUT2D eigenvalue weighted by molar-refractivity contribution is 0.0695. The van der Waals surface area contributed by atoms with Crippen LogP contribution in [0.4, 0.5) is 11.4 Å². The number of aromatic carboxylic acids is 1. The van der Waals surface area contributed by atoms with Gasteiger partial charge in [0.1, 0.15) is 0 Å². The van der Waals surface area contributed by atoms with Gasteiger partial charge in [-0.2, -0.15) is 0 Å². The molecule has 3 aromatic rings. The molecule has 0 radical (unpaired) electrons. The molecule has 1 aliphatic rings. The minimum absolute atomic E-state index is 0.224. The summed E-state index contributed by atoms with van der Waals surface area (Å²) < 4.78 is 0. The van der Waals surface area contributed by atoms with Gasteiger partial charge in [0, 0.05) is 43.4 Å². The number of aryl methyl sites for hydroxylation is 1. The smallest absolute Gasteiger partial charge is 0.336 e. The number of aromatic nitrogens is 1. The molecule has 1 aliphatic heterocycles. The van der Waals surface area contributed by atoms with E-state index in [-0.39, 0.29) is 6.04 Å². The maximum Gasteiger partial charge on any atom is 0.336 e. The second kappa shape index (κ2) is 8.90. The first-order chi connectivity index (χ1) is 14.9. The van der Waals surface area contributed by atoms with Crippen LogP contribution in [0.3, 0.4) is 0 Å². The van der Waals surface area contributed by atoms with Crippen LogP contribution in [-0.2, 0) is 13.0 Å². The Labute approximate surface area is 183 Å². The molecule has 2 heterocycles. The minimum Gasteiger partial charge on any atom is -0.478 e. The topological polar surface area (TPSA) is 65.5 Å². The lowest BCUT2D eigenvalue weighted by atomic mass is 9.97. The molecule has 160 valence electrons. The highest BCUT2D eigenvalue weighted by atomic mass is 16.4. The van der Waals surface area contributed by atoms with Crippen LogP contribution in [-0.4, -0.2) is 23.1 Å². The van der Waals surface area contributed by atoms with E-state index in [1.54, 1.807) is 12.3 Å². The van der Waals surface area contributed by atoms with Crippen molar-refractivity contribution < 1.29 is 9.90 Å². The molecule has 0 bridgehead atoms. The Balaban J connectivity index is 1.47. The summed E-state index contributed by atoms with van der Waals surface area (Å²) in [7, 11) is 2.10. The third-order valence-electron chi connectivity index (χ3n) is 6.21. The molecule has 0 unspecified atom stereocenters. The van der Waals surface area contributed by atoms with Crippen molar-refractivity contribution in [2.75, 3.05) is 11.9 Å². The van der Waals surface area contributed by atoms with Crippen molar-refractivity contribution in [1.82, 2.24) is 10.3 Å². The molecule has 5 heteroatoms. The average molecular weight is 416 g/mol. The number of carbonyl (C=O) groups is 1.